The Bertz CT molecular complexity index is 634. The molecule has 19 heavy (non-hydrogen) atoms. The number of pyridine rings is 1. The van der Waals surface area contributed by atoms with Gasteiger partial charge in [0.15, 0.2) is 0 Å². The highest BCUT2D eigenvalue weighted by atomic mass is 16.1. The summed E-state index contributed by atoms with van der Waals surface area (Å²) in [6.45, 7) is 6.41. The van der Waals surface area contributed by atoms with Gasteiger partial charge in [0.2, 0.25) is 11.5 Å². The van der Waals surface area contributed by atoms with Gasteiger partial charge in [-0.15, -0.1) is 0 Å². The van der Waals surface area contributed by atoms with Gasteiger partial charge in [-0.05, 0) is 38.0 Å². The third-order valence-corrected chi connectivity index (χ3v) is 2.76. The first-order valence-electron chi connectivity index (χ1n) is 6.35. The maximum absolute atomic E-state index is 11.4. The van der Waals surface area contributed by atoms with Crippen molar-refractivity contribution in [3.8, 4) is 0 Å². The van der Waals surface area contributed by atoms with Crippen molar-refractivity contribution < 1.29 is 0 Å². The zero-order chi connectivity index (χ0) is 13.8. The molecule has 2 rings (SSSR count). The fraction of sp³-hybridized carbons (Fsp3) is 0.357. The molecule has 0 aliphatic heterocycles. The lowest BCUT2D eigenvalue weighted by atomic mass is 10.2. The van der Waals surface area contributed by atoms with Gasteiger partial charge in [-0.3, -0.25) is 4.79 Å². The van der Waals surface area contributed by atoms with E-state index < -0.39 is 0 Å². The summed E-state index contributed by atoms with van der Waals surface area (Å²) in [5.41, 5.74) is 3.64. The summed E-state index contributed by atoms with van der Waals surface area (Å²) in [4.78, 5) is 22.8. The van der Waals surface area contributed by atoms with Crippen LogP contribution in [-0.2, 0) is 13.0 Å². The minimum absolute atomic E-state index is 0.0868. The van der Waals surface area contributed by atoms with Gasteiger partial charge in [0, 0.05) is 29.7 Å². The lowest BCUT2D eigenvalue weighted by molar-refractivity contribution is 0.952. The van der Waals surface area contributed by atoms with Crippen molar-refractivity contribution in [1.29, 1.82) is 0 Å². The molecule has 0 spiro atoms. The average Bonchev–Trinajstić information content (AvgIpc) is 2.34. The number of anilines is 1. The van der Waals surface area contributed by atoms with E-state index >= 15 is 0 Å². The van der Waals surface area contributed by atoms with E-state index in [0.29, 0.717) is 12.5 Å². The SMILES string of the molecule is CCc1cc(C)nc(NCc2cc(C)[nH]c(=O)c2)n1. The van der Waals surface area contributed by atoms with E-state index in [0.717, 1.165) is 29.1 Å². The summed E-state index contributed by atoms with van der Waals surface area (Å²) < 4.78 is 0. The summed E-state index contributed by atoms with van der Waals surface area (Å²) in [6, 6.07) is 5.49. The quantitative estimate of drug-likeness (QED) is 0.879. The number of hydrogen-bond donors (Lipinski definition) is 2. The lowest BCUT2D eigenvalue weighted by Crippen LogP contribution is -2.11. The first kappa shape index (κ1) is 13.3. The number of H-pyrrole nitrogens is 1. The Kier molecular flexibility index (Phi) is 3.94. The van der Waals surface area contributed by atoms with Gasteiger partial charge >= 0.3 is 0 Å². The predicted molar refractivity (Wildman–Crippen MR) is 75.3 cm³/mol. The standard InChI is InChI=1S/C14H18N4O/c1-4-12-6-10(3)17-14(18-12)15-8-11-5-9(2)16-13(19)7-11/h5-7H,4,8H2,1-3H3,(H,16,19)(H,15,17,18). The zero-order valence-corrected chi connectivity index (χ0v) is 11.4. The highest BCUT2D eigenvalue weighted by Gasteiger charge is 2.02. The number of aromatic amines is 1. The number of aromatic nitrogens is 3. The zero-order valence-electron chi connectivity index (χ0n) is 11.4. The Morgan fingerprint density at radius 1 is 1.21 bits per heavy atom. The minimum Gasteiger partial charge on any atom is -0.350 e. The monoisotopic (exact) mass is 258 g/mol. The summed E-state index contributed by atoms with van der Waals surface area (Å²) >= 11 is 0. The predicted octanol–water partition coefficient (Wildman–Crippen LogP) is 1.96. The fourth-order valence-electron chi connectivity index (χ4n) is 1.93. The second-order valence-corrected chi connectivity index (χ2v) is 4.57. The normalized spacial score (nSPS) is 10.5. The second-order valence-electron chi connectivity index (χ2n) is 4.57. The van der Waals surface area contributed by atoms with Gasteiger partial charge in [0.25, 0.3) is 0 Å². The van der Waals surface area contributed by atoms with Crippen molar-refractivity contribution in [2.45, 2.75) is 33.7 Å². The van der Waals surface area contributed by atoms with Crippen molar-refractivity contribution in [2.24, 2.45) is 0 Å². The molecule has 0 aliphatic carbocycles. The van der Waals surface area contributed by atoms with Gasteiger partial charge in [-0.1, -0.05) is 6.92 Å². The van der Waals surface area contributed by atoms with Crippen molar-refractivity contribution in [3.63, 3.8) is 0 Å². The highest BCUT2D eigenvalue weighted by molar-refractivity contribution is 5.30. The van der Waals surface area contributed by atoms with Crippen LogP contribution in [0.5, 0.6) is 0 Å². The van der Waals surface area contributed by atoms with Gasteiger partial charge < -0.3 is 10.3 Å². The van der Waals surface area contributed by atoms with Crippen LogP contribution in [0, 0.1) is 13.8 Å². The third kappa shape index (κ3) is 3.64. The lowest BCUT2D eigenvalue weighted by Gasteiger charge is -2.07. The molecule has 2 heterocycles. The number of hydrogen-bond acceptors (Lipinski definition) is 4. The van der Waals surface area contributed by atoms with Crippen LogP contribution in [0.15, 0.2) is 23.0 Å². The molecule has 0 saturated carbocycles. The maximum atomic E-state index is 11.4. The molecule has 0 aromatic carbocycles. The summed E-state index contributed by atoms with van der Waals surface area (Å²) in [7, 11) is 0. The van der Waals surface area contributed by atoms with E-state index in [1.165, 1.54) is 0 Å². The molecule has 100 valence electrons. The smallest absolute Gasteiger partial charge is 0.248 e. The number of nitrogens with one attached hydrogen (secondary N) is 2. The molecule has 2 aromatic heterocycles. The molecule has 0 bridgehead atoms. The summed E-state index contributed by atoms with van der Waals surface area (Å²) in [5.74, 6) is 0.606. The molecule has 0 fully saturated rings. The van der Waals surface area contributed by atoms with Crippen molar-refractivity contribution in [1.82, 2.24) is 15.0 Å². The molecular weight excluding hydrogens is 240 g/mol. The largest absolute Gasteiger partial charge is 0.350 e. The van der Waals surface area contributed by atoms with Gasteiger partial charge in [-0.25, -0.2) is 9.97 Å². The van der Waals surface area contributed by atoms with Crippen molar-refractivity contribution in [3.05, 3.63) is 51.2 Å². The second kappa shape index (κ2) is 5.65. The maximum Gasteiger partial charge on any atom is 0.248 e. The van der Waals surface area contributed by atoms with E-state index in [1.54, 1.807) is 6.07 Å². The number of nitrogens with zero attached hydrogens (tertiary/aromatic N) is 2. The van der Waals surface area contributed by atoms with Crippen LogP contribution in [0.25, 0.3) is 0 Å². The molecule has 0 atom stereocenters. The molecular formula is C14H18N4O. The van der Waals surface area contributed by atoms with Crippen LogP contribution in [-0.4, -0.2) is 15.0 Å². The van der Waals surface area contributed by atoms with E-state index in [1.807, 2.05) is 26.0 Å². The van der Waals surface area contributed by atoms with Crippen LogP contribution in [0.2, 0.25) is 0 Å². The van der Waals surface area contributed by atoms with Crippen molar-refractivity contribution in [2.75, 3.05) is 5.32 Å². The van der Waals surface area contributed by atoms with Crippen LogP contribution >= 0.6 is 0 Å². The number of rotatable bonds is 4. The first-order chi connectivity index (χ1) is 9.06. The van der Waals surface area contributed by atoms with Gasteiger partial charge in [0.1, 0.15) is 0 Å². The minimum atomic E-state index is -0.0868. The Morgan fingerprint density at radius 3 is 2.68 bits per heavy atom. The van der Waals surface area contributed by atoms with Gasteiger partial charge in [-0.2, -0.15) is 0 Å². The van der Waals surface area contributed by atoms with Crippen LogP contribution in [0.1, 0.15) is 29.6 Å². The summed E-state index contributed by atoms with van der Waals surface area (Å²) in [5, 5.41) is 3.16. The molecule has 5 nitrogen and oxygen atoms in total. The van der Waals surface area contributed by atoms with Crippen LogP contribution < -0.4 is 10.9 Å². The molecule has 0 amide bonds. The first-order valence-corrected chi connectivity index (χ1v) is 6.35. The molecule has 0 saturated heterocycles. The van der Waals surface area contributed by atoms with E-state index in [-0.39, 0.29) is 5.56 Å². The fourth-order valence-corrected chi connectivity index (χ4v) is 1.93. The van der Waals surface area contributed by atoms with E-state index in [9.17, 15) is 4.79 Å². The molecule has 0 radical (unpaired) electrons. The van der Waals surface area contributed by atoms with Crippen LogP contribution in [0.4, 0.5) is 5.95 Å². The topological polar surface area (TPSA) is 70.7 Å². The Morgan fingerprint density at radius 2 is 2.00 bits per heavy atom. The molecule has 2 aromatic rings. The van der Waals surface area contributed by atoms with Crippen molar-refractivity contribution >= 4 is 5.95 Å². The van der Waals surface area contributed by atoms with E-state index in [2.05, 4.69) is 27.2 Å². The molecule has 0 aliphatic rings. The Balaban J connectivity index is 2.14. The molecule has 0 unspecified atom stereocenters. The van der Waals surface area contributed by atoms with Crippen LogP contribution in [0.3, 0.4) is 0 Å². The summed E-state index contributed by atoms with van der Waals surface area (Å²) in [6.07, 6.45) is 0.877. The highest BCUT2D eigenvalue weighted by Crippen LogP contribution is 2.07. The Hall–Kier alpha value is -2.17. The average molecular weight is 258 g/mol. The Labute approximate surface area is 112 Å². The number of aryl methyl sites for hydroxylation is 3. The molecule has 5 heteroatoms. The molecule has 2 N–H and O–H groups in total. The third-order valence-electron chi connectivity index (χ3n) is 2.76. The van der Waals surface area contributed by atoms with E-state index in [4.69, 9.17) is 0 Å². The van der Waals surface area contributed by atoms with Gasteiger partial charge in [0.05, 0.1) is 0 Å².